The molecule has 1 aromatic rings. The topological polar surface area (TPSA) is 21.3 Å². The van der Waals surface area contributed by atoms with Crippen molar-refractivity contribution >= 4 is 0 Å². The molecule has 2 rings (SSSR count). The fourth-order valence-electron chi connectivity index (χ4n) is 3.24. The van der Waals surface area contributed by atoms with Crippen LogP contribution in [0.15, 0.2) is 18.2 Å². The van der Waals surface area contributed by atoms with E-state index < -0.39 is 0 Å². The number of benzene rings is 1. The Kier molecular flexibility index (Phi) is 5.26. The maximum absolute atomic E-state index is 5.32. The molecule has 0 aromatic heterocycles. The molecule has 2 nitrogen and oxygen atoms in total. The summed E-state index contributed by atoms with van der Waals surface area (Å²) in [6, 6.07) is 6.59. The van der Waals surface area contributed by atoms with E-state index in [1.165, 1.54) is 49.9 Å². The zero-order valence-corrected chi connectivity index (χ0v) is 12.5. The summed E-state index contributed by atoms with van der Waals surface area (Å²) in [5.41, 5.74) is 2.69. The molecule has 1 aromatic carbocycles. The summed E-state index contributed by atoms with van der Waals surface area (Å²) >= 11 is 0. The van der Waals surface area contributed by atoms with E-state index in [-0.39, 0.29) is 0 Å². The van der Waals surface area contributed by atoms with E-state index in [1.807, 2.05) is 0 Å². The molecule has 1 fully saturated rings. The van der Waals surface area contributed by atoms with Gasteiger partial charge in [0.1, 0.15) is 5.75 Å². The molecule has 1 saturated heterocycles. The lowest BCUT2D eigenvalue weighted by molar-refractivity contribution is 0.307. The number of ether oxygens (including phenoxy) is 1. The zero-order valence-electron chi connectivity index (χ0n) is 12.5. The lowest BCUT2D eigenvalue weighted by Crippen LogP contribution is -2.28. The summed E-state index contributed by atoms with van der Waals surface area (Å²) in [4.78, 5) is 0. The molecule has 19 heavy (non-hydrogen) atoms. The second-order valence-corrected chi connectivity index (χ2v) is 6.04. The Labute approximate surface area is 117 Å². The number of rotatable bonds is 5. The highest BCUT2D eigenvalue weighted by Gasteiger charge is 2.16. The first kappa shape index (κ1) is 14.4. The highest BCUT2D eigenvalue weighted by Crippen LogP contribution is 2.25. The van der Waals surface area contributed by atoms with Crippen LogP contribution in [-0.4, -0.2) is 20.2 Å². The van der Waals surface area contributed by atoms with Crippen LogP contribution in [0.3, 0.4) is 0 Å². The smallest absolute Gasteiger partial charge is 0.121 e. The molecular formula is C17H27NO. The summed E-state index contributed by atoms with van der Waals surface area (Å²) < 4.78 is 5.32. The van der Waals surface area contributed by atoms with Crippen molar-refractivity contribution in [2.75, 3.05) is 20.2 Å². The van der Waals surface area contributed by atoms with Crippen molar-refractivity contribution in [3.63, 3.8) is 0 Å². The van der Waals surface area contributed by atoms with Gasteiger partial charge in [0.15, 0.2) is 0 Å². The predicted molar refractivity (Wildman–Crippen MR) is 80.8 cm³/mol. The summed E-state index contributed by atoms with van der Waals surface area (Å²) in [7, 11) is 1.74. The summed E-state index contributed by atoms with van der Waals surface area (Å²) in [6.45, 7) is 6.93. The molecule has 1 aliphatic heterocycles. The molecule has 0 saturated carbocycles. The minimum Gasteiger partial charge on any atom is -0.496 e. The quantitative estimate of drug-likeness (QED) is 0.875. The minimum atomic E-state index is 0.774. The van der Waals surface area contributed by atoms with E-state index in [0.29, 0.717) is 0 Å². The first-order valence-electron chi connectivity index (χ1n) is 7.53. The minimum absolute atomic E-state index is 0.774. The maximum atomic E-state index is 5.32. The highest BCUT2D eigenvalue weighted by atomic mass is 16.5. The lowest BCUT2D eigenvalue weighted by atomic mass is 9.85. The van der Waals surface area contributed by atoms with Gasteiger partial charge in [0.2, 0.25) is 0 Å². The fraction of sp³-hybridized carbons (Fsp3) is 0.647. The monoisotopic (exact) mass is 261 g/mol. The third-order valence-electron chi connectivity index (χ3n) is 4.24. The van der Waals surface area contributed by atoms with E-state index in [0.717, 1.165) is 17.6 Å². The number of methoxy groups -OCH3 is 1. The van der Waals surface area contributed by atoms with E-state index in [1.54, 1.807) is 7.11 Å². The lowest BCUT2D eigenvalue weighted by Gasteiger charge is -2.25. The van der Waals surface area contributed by atoms with Gasteiger partial charge in [-0.3, -0.25) is 0 Å². The van der Waals surface area contributed by atoms with Gasteiger partial charge in [-0.25, -0.2) is 0 Å². The Morgan fingerprint density at radius 3 is 2.68 bits per heavy atom. The molecule has 106 valence electrons. The molecule has 0 radical (unpaired) electrons. The van der Waals surface area contributed by atoms with Crippen LogP contribution in [0.1, 0.15) is 37.3 Å². The summed E-state index contributed by atoms with van der Waals surface area (Å²) in [5, 5.41) is 3.44. The van der Waals surface area contributed by atoms with Gasteiger partial charge >= 0.3 is 0 Å². The molecule has 0 amide bonds. The Bertz CT molecular complexity index is 396. The van der Waals surface area contributed by atoms with Crippen LogP contribution in [0.25, 0.3) is 0 Å². The van der Waals surface area contributed by atoms with Crippen molar-refractivity contribution < 1.29 is 4.74 Å². The largest absolute Gasteiger partial charge is 0.496 e. The van der Waals surface area contributed by atoms with E-state index in [2.05, 4.69) is 37.4 Å². The second-order valence-electron chi connectivity index (χ2n) is 6.04. The van der Waals surface area contributed by atoms with Crippen LogP contribution >= 0.6 is 0 Å². The van der Waals surface area contributed by atoms with Crippen LogP contribution in [0.5, 0.6) is 5.75 Å². The van der Waals surface area contributed by atoms with Gasteiger partial charge in [-0.15, -0.1) is 0 Å². The second kappa shape index (κ2) is 6.95. The normalized spacial score (nSPS) is 18.3. The van der Waals surface area contributed by atoms with E-state index in [4.69, 9.17) is 4.74 Å². The first-order chi connectivity index (χ1) is 9.19. The SMILES string of the molecule is COc1ccc(CC(C)CC2CCNCC2)cc1C. The van der Waals surface area contributed by atoms with Gasteiger partial charge in [0.05, 0.1) is 7.11 Å². The molecule has 1 heterocycles. The Morgan fingerprint density at radius 2 is 2.05 bits per heavy atom. The van der Waals surface area contributed by atoms with Crippen molar-refractivity contribution in [3.05, 3.63) is 29.3 Å². The number of hydrogen-bond donors (Lipinski definition) is 1. The molecule has 0 bridgehead atoms. The molecule has 1 atom stereocenters. The van der Waals surface area contributed by atoms with Crippen molar-refractivity contribution in [1.29, 1.82) is 0 Å². The standard InChI is InChI=1S/C17H27NO/c1-13(10-15-6-8-18-9-7-15)11-16-4-5-17(19-3)14(2)12-16/h4-5,12-13,15,18H,6-11H2,1-3H3. The van der Waals surface area contributed by atoms with Crippen molar-refractivity contribution in [3.8, 4) is 5.75 Å². The van der Waals surface area contributed by atoms with Gasteiger partial charge < -0.3 is 10.1 Å². The zero-order chi connectivity index (χ0) is 13.7. The fourth-order valence-corrected chi connectivity index (χ4v) is 3.24. The average molecular weight is 261 g/mol. The molecule has 1 N–H and O–H groups in total. The van der Waals surface area contributed by atoms with E-state index >= 15 is 0 Å². The Hall–Kier alpha value is -1.02. The van der Waals surface area contributed by atoms with Crippen LogP contribution in [-0.2, 0) is 6.42 Å². The van der Waals surface area contributed by atoms with Crippen LogP contribution in [0.4, 0.5) is 0 Å². The third kappa shape index (κ3) is 4.24. The maximum Gasteiger partial charge on any atom is 0.121 e. The third-order valence-corrected chi connectivity index (χ3v) is 4.24. The molecule has 2 heteroatoms. The molecule has 0 aliphatic carbocycles. The van der Waals surface area contributed by atoms with Crippen LogP contribution in [0.2, 0.25) is 0 Å². The van der Waals surface area contributed by atoms with Crippen molar-refractivity contribution in [1.82, 2.24) is 5.32 Å². The Morgan fingerprint density at radius 1 is 1.32 bits per heavy atom. The van der Waals surface area contributed by atoms with Gasteiger partial charge in [0, 0.05) is 0 Å². The predicted octanol–water partition coefficient (Wildman–Crippen LogP) is 3.57. The van der Waals surface area contributed by atoms with Gasteiger partial charge in [-0.1, -0.05) is 19.1 Å². The Balaban J connectivity index is 1.87. The molecule has 1 aliphatic rings. The molecular weight excluding hydrogens is 234 g/mol. The first-order valence-corrected chi connectivity index (χ1v) is 7.53. The number of nitrogens with one attached hydrogen (secondary N) is 1. The van der Waals surface area contributed by atoms with Gasteiger partial charge in [0.25, 0.3) is 0 Å². The van der Waals surface area contributed by atoms with Crippen LogP contribution in [0, 0.1) is 18.8 Å². The average Bonchev–Trinajstić information content (AvgIpc) is 2.40. The van der Waals surface area contributed by atoms with Crippen molar-refractivity contribution in [2.45, 2.75) is 39.5 Å². The molecule has 0 spiro atoms. The molecule has 1 unspecified atom stereocenters. The van der Waals surface area contributed by atoms with E-state index in [9.17, 15) is 0 Å². The summed E-state index contributed by atoms with van der Waals surface area (Å²) in [6.07, 6.45) is 5.26. The van der Waals surface area contributed by atoms with Crippen LogP contribution < -0.4 is 10.1 Å². The number of hydrogen-bond acceptors (Lipinski definition) is 2. The van der Waals surface area contributed by atoms with Crippen molar-refractivity contribution in [2.24, 2.45) is 11.8 Å². The highest BCUT2D eigenvalue weighted by molar-refractivity contribution is 5.36. The number of aryl methyl sites for hydroxylation is 1. The van der Waals surface area contributed by atoms with Gasteiger partial charge in [-0.05, 0) is 74.7 Å². The number of piperidine rings is 1. The van der Waals surface area contributed by atoms with Gasteiger partial charge in [-0.2, -0.15) is 0 Å². The summed E-state index contributed by atoms with van der Waals surface area (Å²) in [5.74, 6) is 2.70.